The van der Waals surface area contributed by atoms with Crippen molar-refractivity contribution in [2.75, 3.05) is 38.3 Å². The number of nitrogens with one attached hydrogen (secondary N) is 2. The maximum atomic E-state index is 9.34. The Labute approximate surface area is 175 Å². The normalized spacial score (nSPS) is 11.8. The molecule has 10 heteroatoms. The van der Waals surface area contributed by atoms with E-state index in [-0.39, 0.29) is 11.8 Å². The number of aromatic nitrogens is 5. The van der Waals surface area contributed by atoms with Gasteiger partial charge in [0.15, 0.2) is 11.4 Å². The number of nitrogens with zero attached hydrogens (tertiary/aromatic N) is 7. The molecule has 3 heterocycles. The molecule has 0 amide bonds. The van der Waals surface area contributed by atoms with Crippen LogP contribution in [0.1, 0.15) is 12.6 Å². The highest BCUT2D eigenvalue weighted by Crippen LogP contribution is 2.28. The van der Waals surface area contributed by atoms with E-state index < -0.39 is 0 Å². The largest absolute Gasteiger partial charge is 0.486 e. The van der Waals surface area contributed by atoms with E-state index in [0.717, 1.165) is 11.1 Å². The lowest BCUT2D eigenvalue weighted by molar-refractivity contribution is 0.176. The molecule has 1 atom stereocenters. The molecule has 0 saturated carbocycles. The van der Waals surface area contributed by atoms with Crippen LogP contribution in [0.4, 0.5) is 17.5 Å². The Bertz CT molecular complexity index is 1050. The van der Waals surface area contributed by atoms with E-state index in [1.165, 1.54) is 0 Å². The lowest BCUT2D eigenvalue weighted by Gasteiger charge is -2.19. The number of likely N-dealkylation sites (N-methyl/N-ethyl adjacent to an activating group) is 1. The van der Waals surface area contributed by atoms with E-state index in [1.807, 2.05) is 39.2 Å². The minimum absolute atomic E-state index is 0.102. The molecule has 156 valence electrons. The zero-order valence-electron chi connectivity index (χ0n) is 17.7. The van der Waals surface area contributed by atoms with Crippen LogP contribution in [0.25, 0.3) is 11.1 Å². The van der Waals surface area contributed by atoms with Crippen molar-refractivity contribution in [2.45, 2.75) is 13.0 Å². The van der Waals surface area contributed by atoms with Crippen molar-refractivity contribution >= 4 is 17.5 Å². The molecule has 0 saturated heterocycles. The molecule has 30 heavy (non-hydrogen) atoms. The first-order chi connectivity index (χ1) is 14.4. The average molecular weight is 407 g/mol. The van der Waals surface area contributed by atoms with E-state index in [9.17, 15) is 5.26 Å². The molecule has 0 aliphatic carbocycles. The summed E-state index contributed by atoms with van der Waals surface area (Å²) in [5.41, 5.74) is 2.61. The predicted molar refractivity (Wildman–Crippen MR) is 115 cm³/mol. The Morgan fingerprint density at radius 1 is 1.27 bits per heavy atom. The summed E-state index contributed by atoms with van der Waals surface area (Å²) in [6.45, 7) is 2.66. The summed E-state index contributed by atoms with van der Waals surface area (Å²) in [6.07, 6.45) is 6.84. The van der Waals surface area contributed by atoms with E-state index in [0.29, 0.717) is 29.7 Å². The van der Waals surface area contributed by atoms with Gasteiger partial charge in [-0.25, -0.2) is 9.97 Å². The average Bonchev–Trinajstić information content (AvgIpc) is 3.13. The highest BCUT2D eigenvalue weighted by atomic mass is 16.5. The van der Waals surface area contributed by atoms with Gasteiger partial charge in [0.2, 0.25) is 5.95 Å². The number of nitriles is 1. The minimum Gasteiger partial charge on any atom is -0.486 e. The molecule has 0 spiro atoms. The second-order valence-corrected chi connectivity index (χ2v) is 7.11. The third-order valence-electron chi connectivity index (χ3n) is 4.21. The van der Waals surface area contributed by atoms with Crippen molar-refractivity contribution in [3.8, 4) is 22.9 Å². The molecule has 0 aromatic carbocycles. The molecular weight excluding hydrogens is 382 g/mol. The quantitative estimate of drug-likeness (QED) is 0.580. The molecule has 3 aromatic heterocycles. The highest BCUT2D eigenvalue weighted by molar-refractivity contribution is 5.74. The predicted octanol–water partition coefficient (Wildman–Crippen LogP) is 2.26. The van der Waals surface area contributed by atoms with Crippen LogP contribution >= 0.6 is 0 Å². The molecule has 0 bridgehead atoms. The number of aryl methyl sites for hydroxylation is 1. The zero-order valence-corrected chi connectivity index (χ0v) is 17.7. The fourth-order valence-corrected chi connectivity index (χ4v) is 2.99. The molecule has 0 aliphatic heterocycles. The zero-order chi connectivity index (χ0) is 21.7. The van der Waals surface area contributed by atoms with Crippen LogP contribution in [0.2, 0.25) is 0 Å². The van der Waals surface area contributed by atoms with Crippen LogP contribution < -0.4 is 15.4 Å². The molecule has 0 aliphatic rings. The van der Waals surface area contributed by atoms with Crippen molar-refractivity contribution in [2.24, 2.45) is 7.05 Å². The van der Waals surface area contributed by atoms with Gasteiger partial charge in [0, 0.05) is 50.2 Å². The topological polar surface area (TPSA) is 117 Å². The van der Waals surface area contributed by atoms with Gasteiger partial charge in [0.05, 0.1) is 18.1 Å². The molecule has 3 rings (SSSR count). The molecular formula is C20H25N9O. The third kappa shape index (κ3) is 5.01. The van der Waals surface area contributed by atoms with Crippen LogP contribution in [0, 0.1) is 11.3 Å². The summed E-state index contributed by atoms with van der Waals surface area (Å²) in [5, 5.41) is 19.7. The van der Waals surface area contributed by atoms with Crippen LogP contribution in [0.5, 0.6) is 5.75 Å². The smallest absolute Gasteiger partial charge is 0.229 e. The molecule has 10 nitrogen and oxygen atoms in total. The standard InChI is InChI=1S/C20H25N9O/c1-13(11-28(3)4)30-18-6-15(9-23-17(18)7-21)26-20-24-10-16(19(22-2)27-20)14-8-25-29(5)12-14/h6,8-10,12-13H,11H2,1-5H3,(H2,22,24,26,27)/t13-/m0/s1. The first-order valence-corrected chi connectivity index (χ1v) is 9.42. The van der Waals surface area contributed by atoms with Crippen molar-refractivity contribution in [1.82, 2.24) is 29.6 Å². The van der Waals surface area contributed by atoms with E-state index in [2.05, 4.69) is 36.8 Å². The SMILES string of the molecule is CNc1nc(Nc2cnc(C#N)c(O[C@@H](C)CN(C)C)c2)ncc1-c1cnn(C)c1. The van der Waals surface area contributed by atoms with Gasteiger partial charge in [-0.2, -0.15) is 15.3 Å². The minimum atomic E-state index is -0.102. The van der Waals surface area contributed by atoms with Crippen LogP contribution in [0.3, 0.4) is 0 Å². The van der Waals surface area contributed by atoms with Crippen molar-refractivity contribution < 1.29 is 4.74 Å². The summed E-state index contributed by atoms with van der Waals surface area (Å²) >= 11 is 0. The highest BCUT2D eigenvalue weighted by Gasteiger charge is 2.14. The van der Waals surface area contributed by atoms with Gasteiger partial charge in [-0.1, -0.05) is 0 Å². The van der Waals surface area contributed by atoms with Gasteiger partial charge in [-0.3, -0.25) is 4.68 Å². The van der Waals surface area contributed by atoms with Gasteiger partial charge in [-0.15, -0.1) is 0 Å². The molecule has 0 unspecified atom stereocenters. The summed E-state index contributed by atoms with van der Waals surface area (Å²) in [7, 11) is 7.59. The Hall–Kier alpha value is -3.71. The molecule has 0 fully saturated rings. The van der Waals surface area contributed by atoms with Gasteiger partial charge < -0.3 is 20.3 Å². The first-order valence-electron chi connectivity index (χ1n) is 9.42. The van der Waals surface area contributed by atoms with E-state index >= 15 is 0 Å². The van der Waals surface area contributed by atoms with Crippen molar-refractivity contribution in [3.05, 3.63) is 36.5 Å². The van der Waals surface area contributed by atoms with Crippen molar-refractivity contribution in [3.63, 3.8) is 0 Å². The third-order valence-corrected chi connectivity index (χ3v) is 4.21. The number of ether oxygens (including phenoxy) is 1. The number of hydrogen-bond acceptors (Lipinski definition) is 9. The summed E-state index contributed by atoms with van der Waals surface area (Å²) in [6, 6.07) is 3.80. The second-order valence-electron chi connectivity index (χ2n) is 7.11. The van der Waals surface area contributed by atoms with E-state index in [1.54, 1.807) is 36.4 Å². The lowest BCUT2D eigenvalue weighted by atomic mass is 10.2. The molecule has 3 aromatic rings. The summed E-state index contributed by atoms with van der Waals surface area (Å²) < 4.78 is 7.65. The first kappa shape index (κ1) is 21.0. The van der Waals surface area contributed by atoms with Gasteiger partial charge >= 0.3 is 0 Å². The maximum absolute atomic E-state index is 9.34. The fraction of sp³-hybridized carbons (Fsp3) is 0.350. The number of hydrogen-bond donors (Lipinski definition) is 2. The van der Waals surface area contributed by atoms with Gasteiger partial charge in [0.1, 0.15) is 18.0 Å². The summed E-state index contributed by atoms with van der Waals surface area (Å²) in [5.74, 6) is 1.47. The number of pyridine rings is 1. The van der Waals surface area contributed by atoms with Crippen molar-refractivity contribution in [1.29, 1.82) is 5.26 Å². The monoisotopic (exact) mass is 407 g/mol. The Balaban J connectivity index is 1.83. The maximum Gasteiger partial charge on any atom is 0.229 e. The van der Waals surface area contributed by atoms with Crippen LogP contribution in [-0.4, -0.2) is 63.4 Å². The Morgan fingerprint density at radius 2 is 2.07 bits per heavy atom. The fourth-order valence-electron chi connectivity index (χ4n) is 2.99. The number of anilines is 3. The van der Waals surface area contributed by atoms with Crippen LogP contribution in [0.15, 0.2) is 30.9 Å². The van der Waals surface area contributed by atoms with E-state index in [4.69, 9.17) is 4.74 Å². The Morgan fingerprint density at radius 3 is 2.70 bits per heavy atom. The Kier molecular flexibility index (Phi) is 6.44. The second kappa shape index (κ2) is 9.19. The number of rotatable bonds is 8. The lowest BCUT2D eigenvalue weighted by Crippen LogP contribution is -2.28. The van der Waals surface area contributed by atoms with Crippen LogP contribution in [-0.2, 0) is 7.05 Å². The molecule has 2 N–H and O–H groups in total. The summed E-state index contributed by atoms with van der Waals surface area (Å²) in [4.78, 5) is 15.1. The van der Waals surface area contributed by atoms with Gasteiger partial charge in [0.25, 0.3) is 0 Å². The van der Waals surface area contributed by atoms with Gasteiger partial charge in [-0.05, 0) is 21.0 Å². The molecule has 0 radical (unpaired) electrons.